The molecule has 12 heavy (non-hydrogen) atoms. The first-order valence-corrected chi connectivity index (χ1v) is 4.78. The van der Waals surface area contributed by atoms with Gasteiger partial charge in [0.2, 0.25) is 0 Å². The molecule has 0 N–H and O–H groups in total. The molecule has 0 bridgehead atoms. The molecule has 0 heterocycles. The third kappa shape index (κ3) is 8.02. The van der Waals surface area contributed by atoms with Gasteiger partial charge in [-0.25, -0.2) is 0 Å². The zero-order valence-electron chi connectivity index (χ0n) is 9.13. The van der Waals surface area contributed by atoms with Gasteiger partial charge >= 0.3 is 0 Å². The molecule has 0 saturated carbocycles. The van der Waals surface area contributed by atoms with Crippen LogP contribution in [0.3, 0.4) is 0 Å². The van der Waals surface area contributed by atoms with Crippen LogP contribution in [0.15, 0.2) is 0 Å². The van der Waals surface area contributed by atoms with Crippen LogP contribution in [0.1, 0.15) is 27.2 Å². The van der Waals surface area contributed by atoms with E-state index in [9.17, 15) is 0 Å². The largest absolute Gasteiger partial charge is 0.377 e. The van der Waals surface area contributed by atoms with E-state index in [4.69, 9.17) is 4.74 Å². The zero-order valence-corrected chi connectivity index (χ0v) is 9.13. The van der Waals surface area contributed by atoms with Crippen molar-refractivity contribution in [2.24, 2.45) is 5.92 Å². The molecule has 0 aliphatic heterocycles. The van der Waals surface area contributed by atoms with Crippen molar-refractivity contribution in [3.63, 3.8) is 0 Å². The van der Waals surface area contributed by atoms with Crippen molar-refractivity contribution in [1.82, 2.24) is 4.90 Å². The summed E-state index contributed by atoms with van der Waals surface area (Å²) in [6.07, 6.45) is 1.52. The maximum Gasteiger partial charge on any atom is 0.0673 e. The second kappa shape index (κ2) is 6.44. The fraction of sp³-hybridized carbons (Fsp3) is 1.00. The average molecular weight is 173 g/mol. The second-order valence-electron chi connectivity index (χ2n) is 4.13. The van der Waals surface area contributed by atoms with Crippen LogP contribution in [0, 0.1) is 5.92 Å². The van der Waals surface area contributed by atoms with E-state index in [0.29, 0.717) is 6.10 Å². The molecule has 0 amide bonds. The molecule has 1 atom stereocenters. The summed E-state index contributed by atoms with van der Waals surface area (Å²) < 4.78 is 5.62. The summed E-state index contributed by atoms with van der Waals surface area (Å²) in [6.45, 7) is 8.48. The highest BCUT2D eigenvalue weighted by molar-refractivity contribution is 4.54. The summed E-state index contributed by atoms with van der Waals surface area (Å²) in [5, 5.41) is 0. The van der Waals surface area contributed by atoms with Crippen LogP contribution in [0.4, 0.5) is 0 Å². The standard InChI is InChI=1S/C10H23NO/c1-9(2)6-7-12-10(3)8-11(4)5/h9-10H,6-8H2,1-5H3. The Bertz CT molecular complexity index is 102. The van der Waals surface area contributed by atoms with Crippen LogP contribution >= 0.6 is 0 Å². The van der Waals surface area contributed by atoms with E-state index in [-0.39, 0.29) is 0 Å². The minimum absolute atomic E-state index is 0.360. The lowest BCUT2D eigenvalue weighted by Crippen LogP contribution is -2.26. The topological polar surface area (TPSA) is 12.5 Å². The minimum Gasteiger partial charge on any atom is -0.377 e. The van der Waals surface area contributed by atoms with Gasteiger partial charge in [0, 0.05) is 13.2 Å². The summed E-state index contributed by atoms with van der Waals surface area (Å²) >= 11 is 0. The summed E-state index contributed by atoms with van der Waals surface area (Å²) in [4.78, 5) is 2.15. The lowest BCUT2D eigenvalue weighted by Gasteiger charge is -2.17. The van der Waals surface area contributed by atoms with Gasteiger partial charge in [0.25, 0.3) is 0 Å². The van der Waals surface area contributed by atoms with Crippen molar-refractivity contribution in [1.29, 1.82) is 0 Å². The van der Waals surface area contributed by atoms with E-state index in [1.165, 1.54) is 0 Å². The van der Waals surface area contributed by atoms with Crippen molar-refractivity contribution in [3.8, 4) is 0 Å². The van der Waals surface area contributed by atoms with Crippen molar-refractivity contribution in [3.05, 3.63) is 0 Å². The fourth-order valence-corrected chi connectivity index (χ4v) is 1.07. The predicted octanol–water partition coefficient (Wildman–Crippen LogP) is 2.00. The number of likely N-dealkylation sites (N-methyl/N-ethyl adjacent to an activating group) is 1. The van der Waals surface area contributed by atoms with Crippen molar-refractivity contribution in [2.75, 3.05) is 27.2 Å². The molecule has 0 aromatic heterocycles. The maximum absolute atomic E-state index is 5.62. The fourth-order valence-electron chi connectivity index (χ4n) is 1.07. The molecule has 0 aromatic rings. The Morgan fingerprint density at radius 1 is 1.17 bits per heavy atom. The molecule has 0 aliphatic rings. The third-order valence-corrected chi connectivity index (χ3v) is 1.72. The van der Waals surface area contributed by atoms with Crippen LogP contribution in [0.2, 0.25) is 0 Å². The molecule has 2 nitrogen and oxygen atoms in total. The van der Waals surface area contributed by atoms with Crippen LogP contribution in [-0.4, -0.2) is 38.3 Å². The zero-order chi connectivity index (χ0) is 9.56. The highest BCUT2D eigenvalue weighted by Crippen LogP contribution is 2.01. The lowest BCUT2D eigenvalue weighted by atomic mass is 10.1. The highest BCUT2D eigenvalue weighted by Gasteiger charge is 2.03. The number of ether oxygens (including phenoxy) is 1. The van der Waals surface area contributed by atoms with E-state index in [0.717, 1.165) is 25.5 Å². The molecular formula is C10H23NO. The molecule has 74 valence electrons. The number of rotatable bonds is 6. The van der Waals surface area contributed by atoms with E-state index < -0.39 is 0 Å². The van der Waals surface area contributed by atoms with Crippen LogP contribution in [0.25, 0.3) is 0 Å². The highest BCUT2D eigenvalue weighted by atomic mass is 16.5. The quantitative estimate of drug-likeness (QED) is 0.609. The average Bonchev–Trinajstić information content (AvgIpc) is 1.84. The molecule has 0 saturated heterocycles. The molecule has 0 aromatic carbocycles. The van der Waals surface area contributed by atoms with Gasteiger partial charge in [-0.05, 0) is 33.4 Å². The smallest absolute Gasteiger partial charge is 0.0673 e. The Morgan fingerprint density at radius 2 is 1.75 bits per heavy atom. The molecule has 0 rings (SSSR count). The molecule has 0 radical (unpaired) electrons. The van der Waals surface area contributed by atoms with Crippen molar-refractivity contribution < 1.29 is 4.74 Å². The van der Waals surface area contributed by atoms with Crippen LogP contribution in [0.5, 0.6) is 0 Å². The second-order valence-corrected chi connectivity index (χ2v) is 4.13. The monoisotopic (exact) mass is 173 g/mol. The molecule has 1 unspecified atom stereocenters. The van der Waals surface area contributed by atoms with E-state index >= 15 is 0 Å². The molecule has 0 aliphatic carbocycles. The van der Waals surface area contributed by atoms with Gasteiger partial charge in [-0.2, -0.15) is 0 Å². The SMILES string of the molecule is CC(C)CCOC(C)CN(C)C. The van der Waals surface area contributed by atoms with Gasteiger partial charge < -0.3 is 9.64 Å². The van der Waals surface area contributed by atoms with Gasteiger partial charge in [-0.3, -0.25) is 0 Å². The number of hydrogen-bond acceptors (Lipinski definition) is 2. The number of hydrogen-bond donors (Lipinski definition) is 0. The Morgan fingerprint density at radius 3 is 2.17 bits per heavy atom. The Kier molecular flexibility index (Phi) is 6.39. The Balaban J connectivity index is 3.25. The molecule has 2 heteroatoms. The van der Waals surface area contributed by atoms with E-state index in [1.54, 1.807) is 0 Å². The molecule has 0 spiro atoms. The third-order valence-electron chi connectivity index (χ3n) is 1.72. The van der Waals surface area contributed by atoms with Crippen molar-refractivity contribution >= 4 is 0 Å². The first-order valence-electron chi connectivity index (χ1n) is 4.78. The van der Waals surface area contributed by atoms with E-state index in [2.05, 4.69) is 39.8 Å². The summed E-state index contributed by atoms with van der Waals surface area (Å²) in [7, 11) is 4.14. The summed E-state index contributed by atoms with van der Waals surface area (Å²) in [5.74, 6) is 0.747. The molecular weight excluding hydrogens is 150 g/mol. The molecule has 0 fully saturated rings. The Hall–Kier alpha value is -0.0800. The first-order chi connectivity index (χ1) is 5.52. The van der Waals surface area contributed by atoms with Gasteiger partial charge in [-0.15, -0.1) is 0 Å². The predicted molar refractivity (Wildman–Crippen MR) is 53.4 cm³/mol. The first kappa shape index (κ1) is 11.9. The van der Waals surface area contributed by atoms with Gasteiger partial charge in [0.1, 0.15) is 0 Å². The minimum atomic E-state index is 0.360. The summed E-state index contributed by atoms with van der Waals surface area (Å²) in [6, 6.07) is 0. The van der Waals surface area contributed by atoms with Gasteiger partial charge in [-0.1, -0.05) is 13.8 Å². The number of nitrogens with zero attached hydrogens (tertiary/aromatic N) is 1. The van der Waals surface area contributed by atoms with Gasteiger partial charge in [0.15, 0.2) is 0 Å². The van der Waals surface area contributed by atoms with Crippen molar-refractivity contribution in [2.45, 2.75) is 33.3 Å². The van der Waals surface area contributed by atoms with Gasteiger partial charge in [0.05, 0.1) is 6.10 Å². The van der Waals surface area contributed by atoms with Crippen LogP contribution < -0.4 is 0 Å². The normalized spacial score (nSPS) is 14.2. The maximum atomic E-state index is 5.62. The lowest BCUT2D eigenvalue weighted by molar-refractivity contribution is 0.0421. The summed E-state index contributed by atoms with van der Waals surface area (Å²) in [5.41, 5.74) is 0. The van der Waals surface area contributed by atoms with E-state index in [1.807, 2.05) is 0 Å². The Labute approximate surface area is 76.9 Å². The van der Waals surface area contributed by atoms with Crippen LogP contribution in [-0.2, 0) is 4.74 Å².